The van der Waals surface area contributed by atoms with Crippen molar-refractivity contribution in [2.75, 3.05) is 0 Å². The minimum atomic E-state index is -0.782. The highest BCUT2D eigenvalue weighted by atomic mass is 19.1. The summed E-state index contributed by atoms with van der Waals surface area (Å²) < 4.78 is 31.5. The minimum absolute atomic E-state index is 0.0198. The van der Waals surface area contributed by atoms with Crippen molar-refractivity contribution >= 4 is 0 Å². The van der Waals surface area contributed by atoms with Gasteiger partial charge in [0.05, 0.1) is 18.1 Å². The summed E-state index contributed by atoms with van der Waals surface area (Å²) in [5.41, 5.74) is 0.727. The normalized spacial score (nSPS) is 11.5. The summed E-state index contributed by atoms with van der Waals surface area (Å²) in [5.74, 6) is -1.38. The van der Waals surface area contributed by atoms with E-state index in [1.54, 1.807) is 6.20 Å². The lowest BCUT2D eigenvalue weighted by Gasteiger charge is -2.19. The van der Waals surface area contributed by atoms with Gasteiger partial charge in [-0.15, -0.1) is 0 Å². The molecule has 1 N–H and O–H groups in total. The maximum Gasteiger partial charge on any atom is 0.237 e. The molecule has 112 valence electrons. The maximum atomic E-state index is 13.4. The minimum Gasteiger partial charge on any atom is -0.434 e. The predicted octanol–water partition coefficient (Wildman–Crippen LogP) is 3.44. The topological polar surface area (TPSA) is 47.0 Å². The molecule has 0 radical (unpaired) electrons. The molecule has 6 heteroatoms. The van der Waals surface area contributed by atoms with Crippen molar-refractivity contribution in [1.29, 1.82) is 0 Å². The van der Waals surface area contributed by atoms with Crippen LogP contribution in [0.15, 0.2) is 30.6 Å². The molecule has 1 heterocycles. The number of benzene rings is 1. The van der Waals surface area contributed by atoms with Crippen LogP contribution in [0.2, 0.25) is 0 Å². The molecule has 0 unspecified atom stereocenters. The Hall–Kier alpha value is -2.08. The molecule has 2 rings (SSSR count). The molecule has 0 aliphatic carbocycles. The van der Waals surface area contributed by atoms with E-state index in [1.165, 1.54) is 12.3 Å². The van der Waals surface area contributed by atoms with Crippen molar-refractivity contribution in [2.24, 2.45) is 0 Å². The van der Waals surface area contributed by atoms with Gasteiger partial charge in [-0.3, -0.25) is 4.98 Å². The van der Waals surface area contributed by atoms with E-state index in [0.29, 0.717) is 6.54 Å². The van der Waals surface area contributed by atoms with Gasteiger partial charge in [-0.2, -0.15) is 0 Å². The summed E-state index contributed by atoms with van der Waals surface area (Å²) in [4.78, 5) is 8.23. The second kappa shape index (κ2) is 6.13. The van der Waals surface area contributed by atoms with Crippen LogP contribution in [0.1, 0.15) is 26.5 Å². The SMILES string of the molecule is CC(C)(C)NCc1cnc(Oc2ccc(F)cc2F)cn1. The van der Waals surface area contributed by atoms with E-state index in [0.717, 1.165) is 17.8 Å². The molecule has 0 atom stereocenters. The molecular formula is C15H17F2N3O. The number of hydrogen-bond acceptors (Lipinski definition) is 4. The van der Waals surface area contributed by atoms with Crippen molar-refractivity contribution in [3.63, 3.8) is 0 Å². The summed E-state index contributed by atoms with van der Waals surface area (Å²) in [5, 5.41) is 3.28. The molecule has 4 nitrogen and oxygen atoms in total. The molecule has 0 spiro atoms. The van der Waals surface area contributed by atoms with Crippen molar-refractivity contribution in [1.82, 2.24) is 15.3 Å². The Bertz CT molecular complexity index is 609. The number of aromatic nitrogens is 2. The fourth-order valence-electron chi connectivity index (χ4n) is 1.51. The van der Waals surface area contributed by atoms with E-state index < -0.39 is 11.6 Å². The summed E-state index contributed by atoms with van der Waals surface area (Å²) in [6.45, 7) is 6.72. The smallest absolute Gasteiger partial charge is 0.237 e. The lowest BCUT2D eigenvalue weighted by Crippen LogP contribution is -2.35. The molecule has 0 bridgehead atoms. The summed E-state index contributed by atoms with van der Waals surface area (Å²) >= 11 is 0. The fraction of sp³-hybridized carbons (Fsp3) is 0.333. The van der Waals surface area contributed by atoms with Crippen LogP contribution in [0, 0.1) is 11.6 Å². The Morgan fingerprint density at radius 2 is 1.90 bits per heavy atom. The van der Waals surface area contributed by atoms with Crippen LogP contribution in [0.25, 0.3) is 0 Å². The van der Waals surface area contributed by atoms with E-state index >= 15 is 0 Å². The van der Waals surface area contributed by atoms with E-state index in [1.807, 2.05) is 0 Å². The van der Waals surface area contributed by atoms with Gasteiger partial charge in [0.1, 0.15) is 5.82 Å². The van der Waals surface area contributed by atoms with Crippen LogP contribution < -0.4 is 10.1 Å². The third-order valence-electron chi connectivity index (χ3n) is 2.59. The summed E-state index contributed by atoms with van der Waals surface area (Å²) in [6, 6.07) is 3.08. The average molecular weight is 293 g/mol. The highest BCUT2D eigenvalue weighted by molar-refractivity contribution is 5.28. The van der Waals surface area contributed by atoms with Gasteiger partial charge in [0.2, 0.25) is 5.88 Å². The van der Waals surface area contributed by atoms with Gasteiger partial charge >= 0.3 is 0 Å². The van der Waals surface area contributed by atoms with Crippen LogP contribution in [0.5, 0.6) is 11.6 Å². The number of nitrogens with zero attached hydrogens (tertiary/aromatic N) is 2. The Morgan fingerprint density at radius 3 is 2.48 bits per heavy atom. The molecular weight excluding hydrogens is 276 g/mol. The number of ether oxygens (including phenoxy) is 1. The molecule has 0 saturated carbocycles. The first-order chi connectivity index (χ1) is 9.83. The Kier molecular flexibility index (Phi) is 4.47. The third kappa shape index (κ3) is 4.75. The first-order valence-electron chi connectivity index (χ1n) is 6.52. The van der Waals surface area contributed by atoms with E-state index in [4.69, 9.17) is 4.74 Å². The van der Waals surface area contributed by atoms with E-state index in [-0.39, 0.29) is 17.2 Å². The van der Waals surface area contributed by atoms with Gasteiger partial charge in [-0.1, -0.05) is 0 Å². The number of halogens is 2. The van der Waals surface area contributed by atoms with Crippen LogP contribution in [-0.2, 0) is 6.54 Å². The summed E-state index contributed by atoms with van der Waals surface area (Å²) in [6.07, 6.45) is 2.96. The zero-order chi connectivity index (χ0) is 15.5. The van der Waals surface area contributed by atoms with Crippen LogP contribution in [0.4, 0.5) is 8.78 Å². The largest absolute Gasteiger partial charge is 0.434 e. The molecule has 0 saturated heterocycles. The molecule has 1 aromatic heterocycles. The first-order valence-corrected chi connectivity index (χ1v) is 6.52. The van der Waals surface area contributed by atoms with Gasteiger partial charge in [0.15, 0.2) is 11.6 Å². The molecule has 0 fully saturated rings. The third-order valence-corrected chi connectivity index (χ3v) is 2.59. The second-order valence-corrected chi connectivity index (χ2v) is 5.63. The predicted molar refractivity (Wildman–Crippen MR) is 75.1 cm³/mol. The standard InChI is InChI=1S/C15H17F2N3O/c1-15(2,3)20-8-11-7-19-14(9-18-11)21-13-5-4-10(16)6-12(13)17/h4-7,9,20H,8H2,1-3H3. The van der Waals surface area contributed by atoms with Crippen LogP contribution in [0.3, 0.4) is 0 Å². The fourth-order valence-corrected chi connectivity index (χ4v) is 1.51. The van der Waals surface area contributed by atoms with Gasteiger partial charge < -0.3 is 10.1 Å². The van der Waals surface area contributed by atoms with Crippen LogP contribution in [-0.4, -0.2) is 15.5 Å². The lowest BCUT2D eigenvalue weighted by molar-refractivity contribution is 0.412. The lowest BCUT2D eigenvalue weighted by atomic mass is 10.1. The zero-order valence-electron chi connectivity index (χ0n) is 12.2. The highest BCUT2D eigenvalue weighted by Gasteiger charge is 2.10. The molecule has 0 aliphatic heterocycles. The quantitative estimate of drug-likeness (QED) is 0.938. The van der Waals surface area contributed by atoms with E-state index in [2.05, 4.69) is 36.1 Å². The Morgan fingerprint density at radius 1 is 1.14 bits per heavy atom. The number of hydrogen-bond donors (Lipinski definition) is 1. The van der Waals surface area contributed by atoms with Crippen LogP contribution >= 0.6 is 0 Å². The van der Waals surface area contributed by atoms with Gasteiger partial charge in [0, 0.05) is 18.2 Å². The van der Waals surface area contributed by atoms with Crippen molar-refractivity contribution in [2.45, 2.75) is 32.9 Å². The monoisotopic (exact) mass is 293 g/mol. The van der Waals surface area contributed by atoms with Crippen molar-refractivity contribution in [3.8, 4) is 11.6 Å². The second-order valence-electron chi connectivity index (χ2n) is 5.63. The number of nitrogens with one attached hydrogen (secondary N) is 1. The van der Waals surface area contributed by atoms with Gasteiger partial charge in [0.25, 0.3) is 0 Å². The molecule has 1 aromatic carbocycles. The van der Waals surface area contributed by atoms with Crippen molar-refractivity contribution in [3.05, 3.63) is 47.9 Å². The molecule has 0 amide bonds. The van der Waals surface area contributed by atoms with Crippen molar-refractivity contribution < 1.29 is 13.5 Å². The first kappa shape index (κ1) is 15.3. The molecule has 0 aliphatic rings. The Balaban J connectivity index is 2.02. The molecule has 2 aromatic rings. The average Bonchev–Trinajstić information content (AvgIpc) is 2.40. The maximum absolute atomic E-state index is 13.4. The van der Waals surface area contributed by atoms with E-state index in [9.17, 15) is 8.78 Å². The highest BCUT2D eigenvalue weighted by Crippen LogP contribution is 2.22. The van der Waals surface area contributed by atoms with Gasteiger partial charge in [-0.05, 0) is 32.9 Å². The number of rotatable bonds is 4. The molecule has 21 heavy (non-hydrogen) atoms. The van der Waals surface area contributed by atoms with Gasteiger partial charge in [-0.25, -0.2) is 13.8 Å². The summed E-state index contributed by atoms with van der Waals surface area (Å²) in [7, 11) is 0. The zero-order valence-corrected chi connectivity index (χ0v) is 12.2. The Labute approximate surface area is 122 Å².